The third-order valence-corrected chi connectivity index (χ3v) is 8.16. The van der Waals surface area contributed by atoms with E-state index in [0.29, 0.717) is 23.2 Å². The van der Waals surface area contributed by atoms with Crippen molar-refractivity contribution >= 4 is 37.3 Å². The Labute approximate surface area is 121 Å². The standard InChI is InChI=1S/C12H18BrNO2S2/c1-3-10-4-5-12(17-10)18(15,16)14-7-6-9(2)11(13)8-14/h4-5,9,11H,3,6-8H2,1-2H3. The van der Waals surface area contributed by atoms with Gasteiger partial charge in [-0.15, -0.1) is 11.3 Å². The highest BCUT2D eigenvalue weighted by atomic mass is 79.9. The van der Waals surface area contributed by atoms with E-state index in [1.807, 2.05) is 13.0 Å². The van der Waals surface area contributed by atoms with Gasteiger partial charge in [0.15, 0.2) is 0 Å². The minimum absolute atomic E-state index is 0.256. The fraction of sp³-hybridized carbons (Fsp3) is 0.667. The van der Waals surface area contributed by atoms with Crippen LogP contribution in [0.4, 0.5) is 0 Å². The van der Waals surface area contributed by atoms with Crippen LogP contribution in [-0.4, -0.2) is 30.6 Å². The van der Waals surface area contributed by atoms with E-state index in [1.165, 1.54) is 11.3 Å². The van der Waals surface area contributed by atoms with Crippen LogP contribution in [0.25, 0.3) is 0 Å². The Morgan fingerprint density at radius 2 is 2.22 bits per heavy atom. The van der Waals surface area contributed by atoms with Crippen LogP contribution in [0.15, 0.2) is 16.3 Å². The highest BCUT2D eigenvalue weighted by Gasteiger charge is 2.33. The van der Waals surface area contributed by atoms with Crippen molar-refractivity contribution in [2.24, 2.45) is 5.92 Å². The summed E-state index contributed by atoms with van der Waals surface area (Å²) in [6.07, 6.45) is 1.81. The number of aryl methyl sites for hydroxylation is 1. The Hall–Kier alpha value is 0.0900. The first-order chi connectivity index (χ1) is 8.45. The Bertz CT molecular complexity index is 512. The number of halogens is 1. The molecule has 0 N–H and O–H groups in total. The van der Waals surface area contributed by atoms with E-state index in [2.05, 4.69) is 22.9 Å². The molecule has 18 heavy (non-hydrogen) atoms. The van der Waals surface area contributed by atoms with Crippen LogP contribution in [0.3, 0.4) is 0 Å². The van der Waals surface area contributed by atoms with Crippen molar-refractivity contribution in [3.05, 3.63) is 17.0 Å². The van der Waals surface area contributed by atoms with Crippen molar-refractivity contribution < 1.29 is 8.42 Å². The number of rotatable bonds is 3. The molecule has 0 amide bonds. The normalized spacial score (nSPS) is 26.4. The summed E-state index contributed by atoms with van der Waals surface area (Å²) in [5.41, 5.74) is 0. The fourth-order valence-electron chi connectivity index (χ4n) is 2.03. The molecule has 1 aromatic rings. The van der Waals surface area contributed by atoms with Crippen molar-refractivity contribution in [1.29, 1.82) is 0 Å². The fourth-order valence-corrected chi connectivity index (χ4v) is 5.76. The average molecular weight is 352 g/mol. The van der Waals surface area contributed by atoms with Crippen LogP contribution >= 0.6 is 27.3 Å². The molecule has 1 fully saturated rings. The molecule has 1 aliphatic heterocycles. The lowest BCUT2D eigenvalue weighted by molar-refractivity contribution is 0.300. The molecule has 1 aliphatic rings. The van der Waals surface area contributed by atoms with Gasteiger partial charge in [0.05, 0.1) is 0 Å². The first kappa shape index (κ1) is 14.5. The number of alkyl halides is 1. The van der Waals surface area contributed by atoms with E-state index in [-0.39, 0.29) is 4.83 Å². The molecule has 0 radical (unpaired) electrons. The predicted octanol–water partition coefficient (Wildman–Crippen LogP) is 3.10. The number of sulfonamides is 1. The summed E-state index contributed by atoms with van der Waals surface area (Å²) in [7, 11) is -3.29. The maximum Gasteiger partial charge on any atom is 0.252 e. The molecule has 0 bridgehead atoms. The highest BCUT2D eigenvalue weighted by molar-refractivity contribution is 9.09. The highest BCUT2D eigenvalue weighted by Crippen LogP contribution is 2.30. The second-order valence-corrected chi connectivity index (χ2v) is 9.23. The minimum Gasteiger partial charge on any atom is -0.206 e. The van der Waals surface area contributed by atoms with E-state index in [9.17, 15) is 8.42 Å². The molecule has 1 saturated heterocycles. The molecule has 2 rings (SSSR count). The van der Waals surface area contributed by atoms with Gasteiger partial charge in [0.2, 0.25) is 0 Å². The molecule has 0 saturated carbocycles. The molecule has 2 atom stereocenters. The van der Waals surface area contributed by atoms with Crippen LogP contribution in [-0.2, 0) is 16.4 Å². The van der Waals surface area contributed by atoms with Crippen LogP contribution in [0, 0.1) is 5.92 Å². The summed E-state index contributed by atoms with van der Waals surface area (Å²) in [6.45, 7) is 5.40. The second-order valence-electron chi connectivity index (χ2n) is 4.72. The van der Waals surface area contributed by atoms with Crippen molar-refractivity contribution in [3.63, 3.8) is 0 Å². The molecule has 6 heteroatoms. The van der Waals surface area contributed by atoms with Crippen LogP contribution in [0.5, 0.6) is 0 Å². The third-order valence-electron chi connectivity index (χ3n) is 3.41. The number of nitrogens with zero attached hydrogens (tertiary/aromatic N) is 1. The number of piperidine rings is 1. The molecule has 0 aromatic carbocycles. The Kier molecular flexibility index (Phi) is 4.52. The molecule has 0 spiro atoms. The Morgan fingerprint density at radius 3 is 2.78 bits per heavy atom. The molecular formula is C12H18BrNO2S2. The largest absolute Gasteiger partial charge is 0.252 e. The summed E-state index contributed by atoms with van der Waals surface area (Å²) in [5, 5.41) is 0. The van der Waals surface area contributed by atoms with Crippen LogP contribution in [0.2, 0.25) is 0 Å². The van der Waals surface area contributed by atoms with Gasteiger partial charge in [-0.3, -0.25) is 0 Å². The molecule has 102 valence electrons. The summed E-state index contributed by atoms with van der Waals surface area (Å²) in [5.74, 6) is 0.533. The summed E-state index contributed by atoms with van der Waals surface area (Å²) in [6, 6.07) is 3.65. The number of thiophene rings is 1. The summed E-state index contributed by atoms with van der Waals surface area (Å²) < 4.78 is 27.1. The molecule has 0 aliphatic carbocycles. The van der Waals surface area contributed by atoms with Gasteiger partial charge in [-0.2, -0.15) is 4.31 Å². The van der Waals surface area contributed by atoms with Crippen molar-refractivity contribution in [2.45, 2.75) is 35.7 Å². The van der Waals surface area contributed by atoms with Gasteiger partial charge in [0.1, 0.15) is 4.21 Å². The maximum absolute atomic E-state index is 12.5. The monoisotopic (exact) mass is 351 g/mol. The Morgan fingerprint density at radius 1 is 1.50 bits per heavy atom. The number of hydrogen-bond donors (Lipinski definition) is 0. The van der Waals surface area contributed by atoms with E-state index in [4.69, 9.17) is 0 Å². The molecule has 3 nitrogen and oxygen atoms in total. The van der Waals surface area contributed by atoms with Crippen molar-refractivity contribution in [3.8, 4) is 0 Å². The lowest BCUT2D eigenvalue weighted by atomic mass is 10.0. The summed E-state index contributed by atoms with van der Waals surface area (Å²) in [4.78, 5) is 1.38. The third kappa shape index (κ3) is 2.81. The second kappa shape index (κ2) is 5.61. The van der Waals surface area contributed by atoms with Gasteiger partial charge < -0.3 is 0 Å². The lowest BCUT2D eigenvalue weighted by Crippen LogP contribution is -2.43. The van der Waals surface area contributed by atoms with Gasteiger partial charge in [-0.1, -0.05) is 29.8 Å². The molecule has 2 heterocycles. The first-order valence-electron chi connectivity index (χ1n) is 6.18. The number of hydrogen-bond acceptors (Lipinski definition) is 3. The molecule has 1 aromatic heterocycles. The zero-order chi connectivity index (χ0) is 13.3. The molecular weight excluding hydrogens is 334 g/mol. The van der Waals surface area contributed by atoms with Gasteiger partial charge in [0, 0.05) is 22.8 Å². The van der Waals surface area contributed by atoms with Gasteiger partial charge >= 0.3 is 0 Å². The smallest absolute Gasteiger partial charge is 0.206 e. The van der Waals surface area contributed by atoms with Gasteiger partial charge in [-0.25, -0.2) is 8.42 Å². The topological polar surface area (TPSA) is 37.4 Å². The maximum atomic E-state index is 12.5. The first-order valence-corrected chi connectivity index (χ1v) is 9.35. The van der Waals surface area contributed by atoms with Crippen LogP contribution < -0.4 is 0 Å². The van der Waals surface area contributed by atoms with Crippen molar-refractivity contribution in [2.75, 3.05) is 13.1 Å². The lowest BCUT2D eigenvalue weighted by Gasteiger charge is -2.32. The quantitative estimate of drug-likeness (QED) is 0.784. The predicted molar refractivity (Wildman–Crippen MR) is 79.0 cm³/mol. The van der Waals surface area contributed by atoms with Crippen LogP contribution in [0.1, 0.15) is 25.1 Å². The van der Waals surface area contributed by atoms with E-state index in [1.54, 1.807) is 10.4 Å². The van der Waals surface area contributed by atoms with E-state index < -0.39 is 10.0 Å². The summed E-state index contributed by atoms with van der Waals surface area (Å²) >= 11 is 4.97. The van der Waals surface area contributed by atoms with Crippen molar-refractivity contribution in [1.82, 2.24) is 4.31 Å². The van der Waals surface area contributed by atoms with Gasteiger partial charge in [-0.05, 0) is 30.9 Å². The Balaban J connectivity index is 2.21. The zero-order valence-corrected chi connectivity index (χ0v) is 13.8. The average Bonchev–Trinajstić information content (AvgIpc) is 2.81. The zero-order valence-electron chi connectivity index (χ0n) is 10.6. The molecule has 2 unspecified atom stereocenters. The van der Waals surface area contributed by atoms with E-state index >= 15 is 0 Å². The SMILES string of the molecule is CCc1ccc(S(=O)(=O)N2CCC(C)C(Br)C2)s1. The minimum atomic E-state index is -3.29. The van der Waals surface area contributed by atoms with E-state index in [0.717, 1.165) is 17.7 Å². The van der Waals surface area contributed by atoms with Gasteiger partial charge in [0.25, 0.3) is 10.0 Å².